The van der Waals surface area contributed by atoms with Crippen LogP contribution in [0, 0.1) is 22.6 Å². The first-order valence-corrected chi connectivity index (χ1v) is 6.83. The molecular formula is C16H20FN. The predicted octanol–water partition coefficient (Wildman–Crippen LogP) is 4.58. The summed E-state index contributed by atoms with van der Waals surface area (Å²) >= 11 is 0. The van der Waals surface area contributed by atoms with Crippen molar-refractivity contribution in [2.75, 3.05) is 0 Å². The van der Waals surface area contributed by atoms with Crippen molar-refractivity contribution in [2.24, 2.45) is 5.41 Å². The van der Waals surface area contributed by atoms with Crippen LogP contribution in [0.15, 0.2) is 18.2 Å². The molecule has 0 unspecified atom stereocenters. The average Bonchev–Trinajstić information content (AvgIpc) is 3.22. The highest BCUT2D eigenvalue weighted by molar-refractivity contribution is 5.35. The molecule has 0 radical (unpaired) electrons. The van der Waals surface area contributed by atoms with Gasteiger partial charge in [-0.05, 0) is 61.3 Å². The Morgan fingerprint density at radius 3 is 2.50 bits per heavy atom. The molecule has 18 heavy (non-hydrogen) atoms. The van der Waals surface area contributed by atoms with Crippen LogP contribution in [0.1, 0.15) is 56.6 Å². The predicted molar refractivity (Wildman–Crippen MR) is 70.7 cm³/mol. The zero-order valence-electron chi connectivity index (χ0n) is 11.2. The van der Waals surface area contributed by atoms with E-state index in [0.717, 1.165) is 37.7 Å². The van der Waals surface area contributed by atoms with Crippen molar-refractivity contribution in [1.82, 2.24) is 0 Å². The number of benzene rings is 1. The van der Waals surface area contributed by atoms with E-state index in [2.05, 4.69) is 19.9 Å². The zero-order valence-corrected chi connectivity index (χ0v) is 11.2. The minimum Gasteiger partial charge on any atom is -0.207 e. The van der Waals surface area contributed by atoms with Gasteiger partial charge in [-0.25, -0.2) is 4.39 Å². The van der Waals surface area contributed by atoms with E-state index in [4.69, 9.17) is 0 Å². The van der Waals surface area contributed by atoms with Crippen LogP contribution in [0.3, 0.4) is 0 Å². The molecule has 96 valence electrons. The summed E-state index contributed by atoms with van der Waals surface area (Å²) in [4.78, 5) is 0. The van der Waals surface area contributed by atoms with Gasteiger partial charge in [0.05, 0.1) is 11.5 Å². The maximum Gasteiger partial charge on any atom is 0.123 e. The highest BCUT2D eigenvalue weighted by Gasteiger charge is 2.31. The summed E-state index contributed by atoms with van der Waals surface area (Å²) in [6, 6.07) is 7.54. The third-order valence-corrected chi connectivity index (χ3v) is 4.24. The van der Waals surface area contributed by atoms with Crippen LogP contribution < -0.4 is 0 Å². The van der Waals surface area contributed by atoms with Crippen molar-refractivity contribution >= 4 is 0 Å². The van der Waals surface area contributed by atoms with Gasteiger partial charge >= 0.3 is 0 Å². The molecule has 1 aliphatic carbocycles. The zero-order chi connectivity index (χ0) is 13.2. The molecule has 0 N–H and O–H groups in total. The van der Waals surface area contributed by atoms with Gasteiger partial charge in [-0.2, -0.15) is 5.26 Å². The van der Waals surface area contributed by atoms with Gasteiger partial charge < -0.3 is 0 Å². The van der Waals surface area contributed by atoms with Crippen LogP contribution >= 0.6 is 0 Å². The number of hydrogen-bond acceptors (Lipinski definition) is 1. The fourth-order valence-electron chi connectivity index (χ4n) is 2.56. The molecule has 1 saturated carbocycles. The van der Waals surface area contributed by atoms with Gasteiger partial charge in [-0.15, -0.1) is 0 Å². The second kappa shape index (κ2) is 5.10. The van der Waals surface area contributed by atoms with Crippen molar-refractivity contribution in [2.45, 2.75) is 51.9 Å². The first kappa shape index (κ1) is 13.1. The van der Waals surface area contributed by atoms with Gasteiger partial charge in [0.25, 0.3) is 0 Å². The molecule has 1 aromatic carbocycles. The van der Waals surface area contributed by atoms with Gasteiger partial charge in [0, 0.05) is 0 Å². The van der Waals surface area contributed by atoms with Crippen LogP contribution in [-0.4, -0.2) is 0 Å². The highest BCUT2D eigenvalue weighted by Crippen LogP contribution is 2.43. The van der Waals surface area contributed by atoms with Crippen LogP contribution in [0.2, 0.25) is 0 Å². The van der Waals surface area contributed by atoms with E-state index >= 15 is 0 Å². The molecule has 0 atom stereocenters. The normalized spacial score (nSPS) is 15.4. The first-order chi connectivity index (χ1) is 8.64. The Morgan fingerprint density at radius 1 is 1.33 bits per heavy atom. The molecule has 0 saturated heterocycles. The van der Waals surface area contributed by atoms with Gasteiger partial charge in [-0.3, -0.25) is 0 Å². The van der Waals surface area contributed by atoms with E-state index < -0.39 is 0 Å². The van der Waals surface area contributed by atoms with E-state index in [1.54, 1.807) is 6.07 Å². The smallest absolute Gasteiger partial charge is 0.123 e. The van der Waals surface area contributed by atoms with Crippen LogP contribution in [0.4, 0.5) is 4.39 Å². The standard InChI is InChI=1S/C16H20FN/c1-3-16(4-2,11-18)10-13-7-8-14(17)9-15(13)12-5-6-12/h7-9,12H,3-6,10H2,1-2H3. The Balaban J connectivity index is 2.31. The maximum atomic E-state index is 13.3. The average molecular weight is 245 g/mol. The molecule has 0 bridgehead atoms. The lowest BCUT2D eigenvalue weighted by molar-refractivity contribution is 0.362. The third kappa shape index (κ3) is 2.56. The van der Waals surface area contributed by atoms with Crippen LogP contribution in [-0.2, 0) is 6.42 Å². The SMILES string of the molecule is CCC(C#N)(CC)Cc1ccc(F)cc1C1CC1. The summed E-state index contributed by atoms with van der Waals surface area (Å²) in [6.07, 6.45) is 4.77. The number of nitrogens with zero attached hydrogens (tertiary/aromatic N) is 1. The van der Waals surface area contributed by atoms with Crippen molar-refractivity contribution in [1.29, 1.82) is 5.26 Å². The summed E-state index contributed by atoms with van der Waals surface area (Å²) in [5.74, 6) is 0.372. The van der Waals surface area contributed by atoms with Crippen molar-refractivity contribution in [3.63, 3.8) is 0 Å². The minimum atomic E-state index is -0.290. The third-order valence-electron chi connectivity index (χ3n) is 4.24. The Kier molecular flexibility index (Phi) is 3.71. The molecule has 1 aliphatic rings. The molecule has 2 rings (SSSR count). The summed E-state index contributed by atoms with van der Waals surface area (Å²) < 4.78 is 13.3. The molecule has 1 fully saturated rings. The first-order valence-electron chi connectivity index (χ1n) is 6.83. The Morgan fingerprint density at radius 2 is 2.00 bits per heavy atom. The Labute approximate surface area is 109 Å². The van der Waals surface area contributed by atoms with Gasteiger partial charge in [0.1, 0.15) is 5.82 Å². The maximum absolute atomic E-state index is 13.3. The summed E-state index contributed by atoms with van der Waals surface area (Å²) in [5.41, 5.74) is 2.02. The molecule has 0 amide bonds. The lowest BCUT2D eigenvalue weighted by Crippen LogP contribution is -2.20. The molecule has 1 nitrogen and oxygen atoms in total. The van der Waals surface area contributed by atoms with E-state index in [1.807, 2.05) is 6.07 Å². The lowest BCUT2D eigenvalue weighted by atomic mass is 9.77. The number of hydrogen-bond donors (Lipinski definition) is 0. The van der Waals surface area contributed by atoms with Crippen LogP contribution in [0.5, 0.6) is 0 Å². The topological polar surface area (TPSA) is 23.8 Å². The molecular weight excluding hydrogens is 225 g/mol. The highest BCUT2D eigenvalue weighted by atomic mass is 19.1. The molecule has 0 heterocycles. The van der Waals surface area contributed by atoms with Crippen molar-refractivity contribution in [3.05, 3.63) is 35.1 Å². The largest absolute Gasteiger partial charge is 0.207 e. The van der Waals surface area contributed by atoms with Gasteiger partial charge in [0.15, 0.2) is 0 Å². The molecule has 0 aromatic heterocycles. The number of halogens is 1. The minimum absolute atomic E-state index is 0.156. The van der Waals surface area contributed by atoms with Gasteiger partial charge in [-0.1, -0.05) is 19.9 Å². The molecule has 0 spiro atoms. The molecule has 0 aliphatic heterocycles. The quantitative estimate of drug-likeness (QED) is 0.745. The van der Waals surface area contributed by atoms with Gasteiger partial charge in [0.2, 0.25) is 0 Å². The van der Waals surface area contributed by atoms with E-state index in [9.17, 15) is 9.65 Å². The Hall–Kier alpha value is -1.36. The monoisotopic (exact) mass is 245 g/mol. The fourth-order valence-corrected chi connectivity index (χ4v) is 2.56. The Bertz CT molecular complexity index is 464. The fraction of sp³-hybridized carbons (Fsp3) is 0.562. The second-order valence-corrected chi connectivity index (χ2v) is 5.39. The summed E-state index contributed by atoms with van der Waals surface area (Å²) in [7, 11) is 0. The second-order valence-electron chi connectivity index (χ2n) is 5.39. The molecule has 2 heteroatoms. The van der Waals surface area contributed by atoms with Crippen molar-refractivity contribution < 1.29 is 4.39 Å². The van der Waals surface area contributed by atoms with Crippen LogP contribution in [0.25, 0.3) is 0 Å². The lowest BCUT2D eigenvalue weighted by Gasteiger charge is -2.24. The van der Waals surface area contributed by atoms with E-state index in [-0.39, 0.29) is 11.2 Å². The van der Waals surface area contributed by atoms with Crippen molar-refractivity contribution in [3.8, 4) is 6.07 Å². The van der Waals surface area contributed by atoms with E-state index in [1.165, 1.54) is 11.6 Å². The summed E-state index contributed by atoms with van der Waals surface area (Å²) in [6.45, 7) is 4.13. The molecule has 1 aromatic rings. The summed E-state index contributed by atoms with van der Waals surface area (Å²) in [5, 5.41) is 9.41. The number of rotatable bonds is 5. The van der Waals surface area contributed by atoms with E-state index in [0.29, 0.717) is 5.92 Å². The number of nitriles is 1.